The highest BCUT2D eigenvalue weighted by Crippen LogP contribution is 2.37. The maximum Gasteiger partial charge on any atom is 0.0378 e. The van der Waals surface area contributed by atoms with Crippen LogP contribution in [-0.4, -0.2) is 12.0 Å². The Balaban J connectivity index is 2.12. The molecule has 0 fully saturated rings. The second kappa shape index (κ2) is 4.54. The van der Waals surface area contributed by atoms with E-state index in [2.05, 4.69) is 40.6 Å². The Kier molecular flexibility index (Phi) is 2.88. The normalized spacial score (nSPS) is 17.8. The molecule has 1 N–H and O–H groups in total. The number of aromatic nitrogens is 1. The molecule has 1 atom stereocenters. The lowest BCUT2D eigenvalue weighted by molar-refractivity contribution is 0.590. The van der Waals surface area contributed by atoms with Crippen molar-refractivity contribution in [2.45, 2.75) is 25.8 Å². The molecule has 1 unspecified atom stereocenters. The molecule has 0 spiro atoms. The molecule has 0 radical (unpaired) electrons. The summed E-state index contributed by atoms with van der Waals surface area (Å²) in [6.07, 6.45) is 4.26. The molecule has 0 amide bonds. The van der Waals surface area contributed by atoms with E-state index in [0.717, 1.165) is 5.69 Å². The van der Waals surface area contributed by atoms with Crippen molar-refractivity contribution in [3.63, 3.8) is 0 Å². The van der Waals surface area contributed by atoms with Crippen LogP contribution in [0.4, 0.5) is 0 Å². The van der Waals surface area contributed by atoms with E-state index in [1.54, 1.807) is 0 Å². The van der Waals surface area contributed by atoms with E-state index in [-0.39, 0.29) is 0 Å². The van der Waals surface area contributed by atoms with Crippen molar-refractivity contribution in [1.82, 2.24) is 10.3 Å². The van der Waals surface area contributed by atoms with Gasteiger partial charge in [-0.3, -0.25) is 4.98 Å². The van der Waals surface area contributed by atoms with Crippen LogP contribution in [0.3, 0.4) is 0 Å². The van der Waals surface area contributed by atoms with Crippen LogP contribution in [0, 0.1) is 6.92 Å². The maximum atomic E-state index is 4.28. The summed E-state index contributed by atoms with van der Waals surface area (Å²) >= 11 is 0. The molecule has 1 aliphatic carbocycles. The third-order valence-corrected chi connectivity index (χ3v) is 3.83. The molecule has 3 rings (SSSR count). The van der Waals surface area contributed by atoms with Crippen LogP contribution in [0.5, 0.6) is 0 Å². The van der Waals surface area contributed by atoms with Crippen molar-refractivity contribution < 1.29 is 0 Å². The zero-order chi connectivity index (χ0) is 12.5. The van der Waals surface area contributed by atoms with Crippen molar-refractivity contribution in [3.05, 3.63) is 53.3 Å². The van der Waals surface area contributed by atoms with Crippen molar-refractivity contribution in [3.8, 4) is 11.1 Å². The molecule has 1 aromatic carbocycles. The molecule has 0 saturated carbocycles. The monoisotopic (exact) mass is 238 g/mol. The van der Waals surface area contributed by atoms with Crippen LogP contribution in [0.25, 0.3) is 11.1 Å². The van der Waals surface area contributed by atoms with Crippen LogP contribution in [-0.2, 0) is 6.42 Å². The first-order valence-corrected chi connectivity index (χ1v) is 6.51. The predicted molar refractivity (Wildman–Crippen MR) is 74.5 cm³/mol. The average molecular weight is 238 g/mol. The minimum absolute atomic E-state index is 0.517. The van der Waals surface area contributed by atoms with Crippen molar-refractivity contribution in [1.29, 1.82) is 0 Å². The fraction of sp³-hybridized carbons (Fsp3) is 0.312. The number of fused-ring (bicyclic) bond motifs is 1. The van der Waals surface area contributed by atoms with Gasteiger partial charge in [0.15, 0.2) is 0 Å². The second-order valence-corrected chi connectivity index (χ2v) is 4.94. The summed E-state index contributed by atoms with van der Waals surface area (Å²) < 4.78 is 0. The Bertz CT molecular complexity index is 575. The quantitative estimate of drug-likeness (QED) is 0.868. The molecule has 0 saturated heterocycles. The van der Waals surface area contributed by atoms with Gasteiger partial charge in [0.2, 0.25) is 0 Å². The molecule has 92 valence electrons. The van der Waals surface area contributed by atoms with Crippen molar-refractivity contribution in [2.75, 3.05) is 7.05 Å². The van der Waals surface area contributed by atoms with Crippen LogP contribution in [0.1, 0.15) is 29.3 Å². The number of nitrogens with one attached hydrogen (secondary N) is 1. The van der Waals surface area contributed by atoms with E-state index in [0.29, 0.717) is 6.04 Å². The Labute approximate surface area is 108 Å². The second-order valence-electron chi connectivity index (χ2n) is 4.94. The summed E-state index contributed by atoms with van der Waals surface area (Å²) in [7, 11) is 2.04. The minimum atomic E-state index is 0.517. The van der Waals surface area contributed by atoms with Gasteiger partial charge in [-0.05, 0) is 61.2 Å². The van der Waals surface area contributed by atoms with Crippen LogP contribution in [0.2, 0.25) is 0 Å². The largest absolute Gasteiger partial charge is 0.313 e. The lowest BCUT2D eigenvalue weighted by atomic mass is 9.96. The van der Waals surface area contributed by atoms with Crippen molar-refractivity contribution in [2.24, 2.45) is 0 Å². The molecule has 2 aromatic rings. The lowest BCUT2D eigenvalue weighted by Crippen LogP contribution is -2.12. The van der Waals surface area contributed by atoms with Crippen LogP contribution in [0.15, 0.2) is 36.5 Å². The summed E-state index contributed by atoms with van der Waals surface area (Å²) in [6, 6.07) is 11.4. The summed E-state index contributed by atoms with van der Waals surface area (Å²) in [5, 5.41) is 3.40. The number of benzene rings is 1. The first kappa shape index (κ1) is 11.4. The van der Waals surface area contributed by atoms with E-state index in [9.17, 15) is 0 Å². The van der Waals surface area contributed by atoms with Gasteiger partial charge in [-0.1, -0.05) is 18.2 Å². The fourth-order valence-corrected chi connectivity index (χ4v) is 2.94. The summed E-state index contributed by atoms with van der Waals surface area (Å²) in [5.41, 5.74) is 6.70. The number of pyridine rings is 1. The van der Waals surface area contributed by atoms with Gasteiger partial charge in [-0.2, -0.15) is 0 Å². The number of hydrogen-bond donors (Lipinski definition) is 1. The highest BCUT2D eigenvalue weighted by atomic mass is 14.9. The van der Waals surface area contributed by atoms with Gasteiger partial charge >= 0.3 is 0 Å². The number of rotatable bonds is 2. The van der Waals surface area contributed by atoms with Crippen LogP contribution >= 0.6 is 0 Å². The Morgan fingerprint density at radius 3 is 2.94 bits per heavy atom. The van der Waals surface area contributed by atoms with Gasteiger partial charge in [0.1, 0.15) is 0 Å². The Morgan fingerprint density at radius 2 is 2.17 bits per heavy atom. The van der Waals surface area contributed by atoms with E-state index in [4.69, 9.17) is 0 Å². The van der Waals surface area contributed by atoms with Gasteiger partial charge in [0.05, 0.1) is 0 Å². The number of hydrogen-bond acceptors (Lipinski definition) is 2. The fourth-order valence-electron chi connectivity index (χ4n) is 2.94. The van der Waals surface area contributed by atoms with E-state index < -0.39 is 0 Å². The van der Waals surface area contributed by atoms with E-state index >= 15 is 0 Å². The molecule has 18 heavy (non-hydrogen) atoms. The molecule has 1 aliphatic rings. The summed E-state index contributed by atoms with van der Waals surface area (Å²) in [6.45, 7) is 2.04. The van der Waals surface area contributed by atoms with Gasteiger partial charge in [0.25, 0.3) is 0 Å². The van der Waals surface area contributed by atoms with Gasteiger partial charge in [-0.15, -0.1) is 0 Å². The number of aryl methyl sites for hydroxylation is 1. The topological polar surface area (TPSA) is 24.9 Å². The molecule has 0 bridgehead atoms. The molecule has 1 heterocycles. The zero-order valence-corrected chi connectivity index (χ0v) is 10.9. The highest BCUT2D eigenvalue weighted by Gasteiger charge is 2.23. The third kappa shape index (κ3) is 1.83. The maximum absolute atomic E-state index is 4.28. The SMILES string of the molecule is CNC1CCc2c(-c3ccnc(C)c3)cccc21. The van der Waals surface area contributed by atoms with Gasteiger partial charge in [-0.25, -0.2) is 0 Å². The van der Waals surface area contributed by atoms with Crippen LogP contribution < -0.4 is 5.32 Å². The Morgan fingerprint density at radius 1 is 1.28 bits per heavy atom. The average Bonchev–Trinajstić information content (AvgIpc) is 2.81. The minimum Gasteiger partial charge on any atom is -0.313 e. The molecule has 2 heteroatoms. The smallest absolute Gasteiger partial charge is 0.0378 e. The molecular formula is C16H18N2. The van der Waals surface area contributed by atoms with Gasteiger partial charge < -0.3 is 5.32 Å². The van der Waals surface area contributed by atoms with Crippen molar-refractivity contribution >= 4 is 0 Å². The lowest BCUT2D eigenvalue weighted by Gasteiger charge is -2.12. The zero-order valence-electron chi connectivity index (χ0n) is 10.9. The third-order valence-electron chi connectivity index (χ3n) is 3.83. The molecule has 1 aromatic heterocycles. The first-order valence-electron chi connectivity index (χ1n) is 6.51. The van der Waals surface area contributed by atoms with E-state index in [1.165, 1.54) is 35.1 Å². The Hall–Kier alpha value is -1.67. The first-order chi connectivity index (χ1) is 8.79. The molecule has 0 aliphatic heterocycles. The summed E-state index contributed by atoms with van der Waals surface area (Å²) in [5.74, 6) is 0. The number of nitrogens with zero attached hydrogens (tertiary/aromatic N) is 1. The van der Waals surface area contributed by atoms with E-state index in [1.807, 2.05) is 20.2 Å². The molecule has 2 nitrogen and oxygen atoms in total. The van der Waals surface area contributed by atoms with Gasteiger partial charge in [0, 0.05) is 17.9 Å². The molecular weight excluding hydrogens is 220 g/mol. The summed E-state index contributed by atoms with van der Waals surface area (Å²) in [4.78, 5) is 4.28. The standard InChI is InChI=1S/C16H18N2/c1-11-10-12(8-9-18-11)13-4-3-5-15-14(13)6-7-16(15)17-2/h3-5,8-10,16-17H,6-7H2,1-2H3. The highest BCUT2D eigenvalue weighted by molar-refractivity contribution is 5.70. The predicted octanol–water partition coefficient (Wildman–Crippen LogP) is 3.26.